The lowest BCUT2D eigenvalue weighted by atomic mass is 9.85. The highest BCUT2D eigenvalue weighted by Crippen LogP contribution is 2.29. The van der Waals surface area contributed by atoms with Crippen LogP contribution in [0.2, 0.25) is 0 Å². The number of hydrogen-bond acceptors (Lipinski definition) is 7. The summed E-state index contributed by atoms with van der Waals surface area (Å²) in [4.78, 5) is 34.0. The van der Waals surface area contributed by atoms with Crippen LogP contribution >= 0.6 is 0 Å². The standard InChI is InChI=1S/C31H27N7O3/c1-19-8-11-24(34-28(39)21-6-5-7-23(14-21)31(3,4)18-32)15-26(19)41-25-12-13-27-35-30(37-38(27)17-25)36-29(40)22-10-9-20(2)33-16-22/h5-17H,1-4H3,(H,34,39)(H,36,37,40). The van der Waals surface area contributed by atoms with Crippen LogP contribution in [0.1, 0.15) is 51.4 Å². The molecule has 204 valence electrons. The predicted molar refractivity (Wildman–Crippen MR) is 154 cm³/mol. The second-order valence-electron chi connectivity index (χ2n) is 10.1. The van der Waals surface area contributed by atoms with Crippen molar-refractivity contribution in [3.05, 3.63) is 107 Å². The highest BCUT2D eigenvalue weighted by molar-refractivity contribution is 6.04. The molecule has 3 heterocycles. The van der Waals surface area contributed by atoms with Crippen molar-refractivity contribution in [3.8, 4) is 17.6 Å². The molecule has 41 heavy (non-hydrogen) atoms. The smallest absolute Gasteiger partial charge is 0.259 e. The predicted octanol–water partition coefficient (Wildman–Crippen LogP) is 5.84. The fourth-order valence-electron chi connectivity index (χ4n) is 3.99. The summed E-state index contributed by atoms with van der Waals surface area (Å²) in [6, 6.07) is 21.6. The van der Waals surface area contributed by atoms with Gasteiger partial charge in [-0.15, -0.1) is 5.10 Å². The van der Waals surface area contributed by atoms with Gasteiger partial charge in [-0.3, -0.25) is 19.9 Å². The third kappa shape index (κ3) is 6.04. The molecule has 0 aliphatic heterocycles. The van der Waals surface area contributed by atoms with Gasteiger partial charge in [-0.05, 0) is 81.3 Å². The zero-order valence-corrected chi connectivity index (χ0v) is 23.0. The molecule has 5 rings (SSSR count). The minimum Gasteiger partial charge on any atom is -0.455 e. The summed E-state index contributed by atoms with van der Waals surface area (Å²) in [6.07, 6.45) is 3.15. The molecule has 10 heteroatoms. The summed E-state index contributed by atoms with van der Waals surface area (Å²) in [5.41, 5.74) is 3.66. The number of nitrogens with one attached hydrogen (secondary N) is 2. The van der Waals surface area contributed by atoms with E-state index in [1.807, 2.05) is 39.8 Å². The molecule has 0 spiro atoms. The molecule has 5 aromatic rings. The van der Waals surface area contributed by atoms with Gasteiger partial charge in [-0.2, -0.15) is 10.2 Å². The van der Waals surface area contributed by atoms with Crippen LogP contribution < -0.4 is 15.4 Å². The van der Waals surface area contributed by atoms with Crippen molar-refractivity contribution in [1.82, 2.24) is 19.6 Å². The summed E-state index contributed by atoms with van der Waals surface area (Å²) in [6.45, 7) is 7.36. The van der Waals surface area contributed by atoms with Gasteiger partial charge >= 0.3 is 0 Å². The van der Waals surface area contributed by atoms with Crippen molar-refractivity contribution in [2.45, 2.75) is 33.1 Å². The number of carbonyl (C=O) groups is 2. The number of aromatic nitrogens is 4. The number of benzene rings is 2. The number of carbonyl (C=O) groups excluding carboxylic acids is 2. The Balaban J connectivity index is 1.30. The summed E-state index contributed by atoms with van der Waals surface area (Å²) in [5, 5.41) is 19.4. The van der Waals surface area contributed by atoms with Gasteiger partial charge < -0.3 is 10.1 Å². The molecule has 0 bridgehead atoms. The largest absolute Gasteiger partial charge is 0.455 e. The first-order chi connectivity index (χ1) is 19.6. The summed E-state index contributed by atoms with van der Waals surface area (Å²) in [5.74, 6) is 0.522. The van der Waals surface area contributed by atoms with Crippen LogP contribution in [0.3, 0.4) is 0 Å². The number of nitriles is 1. The average molecular weight is 546 g/mol. The van der Waals surface area contributed by atoms with E-state index in [0.717, 1.165) is 16.8 Å². The fraction of sp³-hybridized carbons (Fsp3) is 0.161. The molecular formula is C31H27N7O3. The summed E-state index contributed by atoms with van der Waals surface area (Å²) < 4.78 is 7.63. The molecule has 2 N–H and O–H groups in total. The Kier molecular flexibility index (Phi) is 7.18. The number of pyridine rings is 2. The van der Waals surface area contributed by atoms with Gasteiger partial charge in [-0.1, -0.05) is 18.2 Å². The maximum absolute atomic E-state index is 13.0. The van der Waals surface area contributed by atoms with E-state index in [4.69, 9.17) is 4.74 Å². The highest BCUT2D eigenvalue weighted by atomic mass is 16.5. The van der Waals surface area contributed by atoms with Crippen LogP contribution in [0, 0.1) is 25.2 Å². The number of ether oxygens (including phenoxy) is 1. The molecule has 0 atom stereocenters. The lowest BCUT2D eigenvalue weighted by molar-refractivity contribution is 0.101. The highest BCUT2D eigenvalue weighted by Gasteiger charge is 2.21. The van der Waals surface area contributed by atoms with Gasteiger partial charge in [0.1, 0.15) is 11.5 Å². The van der Waals surface area contributed by atoms with Crippen molar-refractivity contribution < 1.29 is 14.3 Å². The maximum atomic E-state index is 13.0. The Bertz CT molecular complexity index is 1820. The van der Waals surface area contributed by atoms with Gasteiger partial charge in [0.25, 0.3) is 11.8 Å². The normalized spacial score (nSPS) is 11.1. The Labute approximate surface area is 236 Å². The Hall–Kier alpha value is -5.56. The van der Waals surface area contributed by atoms with Gasteiger partial charge in [0.15, 0.2) is 5.65 Å². The third-order valence-electron chi connectivity index (χ3n) is 6.50. The van der Waals surface area contributed by atoms with Gasteiger partial charge in [-0.25, -0.2) is 4.52 Å². The molecule has 10 nitrogen and oxygen atoms in total. The van der Waals surface area contributed by atoms with Crippen molar-refractivity contribution in [1.29, 1.82) is 5.26 Å². The molecule has 0 radical (unpaired) electrons. The zero-order valence-electron chi connectivity index (χ0n) is 23.0. The van der Waals surface area contributed by atoms with Crippen LogP contribution in [0.15, 0.2) is 79.1 Å². The maximum Gasteiger partial charge on any atom is 0.259 e. The molecule has 3 aromatic heterocycles. The first-order valence-electron chi connectivity index (χ1n) is 12.8. The van der Waals surface area contributed by atoms with Crippen molar-refractivity contribution in [2.75, 3.05) is 10.6 Å². The first-order valence-corrected chi connectivity index (χ1v) is 12.8. The van der Waals surface area contributed by atoms with E-state index in [0.29, 0.717) is 34.0 Å². The molecule has 0 saturated carbocycles. The number of rotatable bonds is 7. The SMILES string of the molecule is Cc1ccc(C(=O)Nc2nc3ccc(Oc4cc(NC(=O)c5cccc(C(C)(C)C#N)c5)ccc4C)cn3n2)cn1. The van der Waals surface area contributed by atoms with E-state index in [2.05, 4.69) is 31.8 Å². The van der Waals surface area contributed by atoms with E-state index in [-0.39, 0.29) is 17.8 Å². The second-order valence-corrected chi connectivity index (χ2v) is 10.1. The number of anilines is 2. The van der Waals surface area contributed by atoms with E-state index in [1.54, 1.807) is 60.8 Å². The van der Waals surface area contributed by atoms with Crippen LogP contribution in [0.4, 0.5) is 11.6 Å². The molecule has 0 saturated heterocycles. The van der Waals surface area contributed by atoms with Crippen molar-refractivity contribution in [2.24, 2.45) is 0 Å². The third-order valence-corrected chi connectivity index (χ3v) is 6.50. The van der Waals surface area contributed by atoms with E-state index < -0.39 is 5.41 Å². The molecule has 2 aromatic carbocycles. The number of hydrogen-bond donors (Lipinski definition) is 2. The number of fused-ring (bicyclic) bond motifs is 1. The average Bonchev–Trinajstić information content (AvgIpc) is 3.36. The topological polar surface area (TPSA) is 134 Å². The monoisotopic (exact) mass is 545 g/mol. The van der Waals surface area contributed by atoms with Gasteiger partial charge in [0.05, 0.1) is 23.2 Å². The Morgan fingerprint density at radius 3 is 2.51 bits per heavy atom. The minimum absolute atomic E-state index is 0.149. The van der Waals surface area contributed by atoms with Crippen LogP contribution in [0.25, 0.3) is 5.65 Å². The number of nitrogens with zero attached hydrogens (tertiary/aromatic N) is 5. The molecule has 0 unspecified atom stereocenters. The molecular weight excluding hydrogens is 518 g/mol. The van der Waals surface area contributed by atoms with Crippen LogP contribution in [-0.4, -0.2) is 31.4 Å². The van der Waals surface area contributed by atoms with Gasteiger partial charge in [0, 0.05) is 29.2 Å². The lowest BCUT2D eigenvalue weighted by Crippen LogP contribution is -2.17. The summed E-state index contributed by atoms with van der Waals surface area (Å²) in [7, 11) is 0. The van der Waals surface area contributed by atoms with E-state index >= 15 is 0 Å². The molecule has 0 aliphatic carbocycles. The number of amides is 2. The molecule has 2 amide bonds. The van der Waals surface area contributed by atoms with E-state index in [1.165, 1.54) is 10.7 Å². The van der Waals surface area contributed by atoms with Crippen molar-refractivity contribution in [3.63, 3.8) is 0 Å². The zero-order chi connectivity index (χ0) is 29.1. The minimum atomic E-state index is -0.711. The molecule has 0 fully saturated rings. The quantitative estimate of drug-likeness (QED) is 0.262. The fourth-order valence-corrected chi connectivity index (χ4v) is 3.99. The van der Waals surface area contributed by atoms with Crippen LogP contribution in [-0.2, 0) is 5.41 Å². The molecule has 0 aliphatic rings. The Morgan fingerprint density at radius 2 is 1.76 bits per heavy atom. The van der Waals surface area contributed by atoms with Gasteiger partial charge in [0.2, 0.25) is 5.95 Å². The summed E-state index contributed by atoms with van der Waals surface area (Å²) >= 11 is 0. The second kappa shape index (κ2) is 10.9. The van der Waals surface area contributed by atoms with Crippen LogP contribution in [0.5, 0.6) is 11.5 Å². The Morgan fingerprint density at radius 1 is 0.951 bits per heavy atom. The lowest BCUT2D eigenvalue weighted by Gasteiger charge is -2.16. The van der Waals surface area contributed by atoms with Crippen molar-refractivity contribution >= 4 is 29.1 Å². The van der Waals surface area contributed by atoms with E-state index in [9.17, 15) is 14.9 Å². The number of aryl methyl sites for hydroxylation is 2. The first kappa shape index (κ1) is 27.0.